The van der Waals surface area contributed by atoms with Crippen LogP contribution in [-0.2, 0) is 6.54 Å². The van der Waals surface area contributed by atoms with E-state index in [0.29, 0.717) is 11.9 Å². The molecule has 2 amide bonds. The monoisotopic (exact) mass is 340 g/mol. The smallest absolute Gasteiger partial charge is 0.319 e. The number of carbonyl (C=O) groups excluding carboxylic acids is 1. The van der Waals surface area contributed by atoms with Crippen LogP contribution in [0, 0.1) is 0 Å². The molecule has 1 aliphatic rings. The van der Waals surface area contributed by atoms with Crippen LogP contribution in [0.5, 0.6) is 5.88 Å². The maximum absolute atomic E-state index is 11.7. The summed E-state index contributed by atoms with van der Waals surface area (Å²) >= 11 is 0. The van der Waals surface area contributed by atoms with Crippen molar-refractivity contribution in [2.75, 3.05) is 12.4 Å². The predicted molar refractivity (Wildman–Crippen MR) is 97.7 cm³/mol. The molecule has 1 saturated carbocycles. The molecule has 0 saturated heterocycles. The molecule has 0 radical (unpaired) electrons. The molecule has 132 valence electrons. The molecule has 1 aromatic heterocycles. The first-order valence-electron chi connectivity index (χ1n) is 8.54. The Bertz CT molecular complexity index is 714. The molecule has 25 heavy (non-hydrogen) atoms. The van der Waals surface area contributed by atoms with Gasteiger partial charge in [-0.15, -0.1) is 0 Å². The number of nitrogens with one attached hydrogen (secondary N) is 3. The lowest BCUT2D eigenvalue weighted by molar-refractivity contribution is 0.251. The third kappa shape index (κ3) is 5.19. The zero-order valence-electron chi connectivity index (χ0n) is 14.6. The second kappa shape index (κ2) is 7.98. The van der Waals surface area contributed by atoms with Gasteiger partial charge < -0.3 is 20.7 Å². The van der Waals surface area contributed by atoms with Gasteiger partial charge in [0.2, 0.25) is 5.88 Å². The van der Waals surface area contributed by atoms with E-state index in [1.807, 2.05) is 36.4 Å². The number of pyridine rings is 1. The molecule has 0 aliphatic heterocycles. The van der Waals surface area contributed by atoms with Crippen molar-refractivity contribution in [2.24, 2.45) is 0 Å². The number of benzene rings is 1. The molecule has 3 N–H and O–H groups in total. The topological polar surface area (TPSA) is 75.3 Å². The van der Waals surface area contributed by atoms with Gasteiger partial charge in [-0.1, -0.05) is 12.1 Å². The van der Waals surface area contributed by atoms with Gasteiger partial charge in [-0.05, 0) is 49.1 Å². The quantitative estimate of drug-likeness (QED) is 0.723. The van der Waals surface area contributed by atoms with Crippen LogP contribution in [0.25, 0.3) is 0 Å². The highest BCUT2D eigenvalue weighted by Crippen LogP contribution is 2.20. The highest BCUT2D eigenvalue weighted by atomic mass is 16.5. The van der Waals surface area contributed by atoms with Crippen molar-refractivity contribution >= 4 is 11.7 Å². The number of methoxy groups -OCH3 is 1. The standard InChI is InChI=1S/C19H24N4O2/c1-13(21-12-14-9-10-20-18(11-14)25-2)15-3-5-16(6-4-15)22-19(24)23-17-7-8-17/h3-6,9-11,13,17,21H,7-8,12H2,1-2H3,(H2,22,23,24). The number of carbonyl (C=O) groups is 1. The predicted octanol–water partition coefficient (Wildman–Crippen LogP) is 3.22. The molecule has 1 aromatic carbocycles. The van der Waals surface area contributed by atoms with Crippen molar-refractivity contribution in [2.45, 2.75) is 38.4 Å². The van der Waals surface area contributed by atoms with Crippen molar-refractivity contribution < 1.29 is 9.53 Å². The molecule has 0 spiro atoms. The van der Waals surface area contributed by atoms with E-state index in [0.717, 1.165) is 36.2 Å². The summed E-state index contributed by atoms with van der Waals surface area (Å²) in [5.74, 6) is 0.617. The molecule has 1 atom stereocenters. The normalized spacial score (nSPS) is 14.6. The third-order valence-electron chi connectivity index (χ3n) is 4.20. The molecule has 2 aromatic rings. The van der Waals surface area contributed by atoms with E-state index in [2.05, 4.69) is 27.9 Å². The summed E-state index contributed by atoms with van der Waals surface area (Å²) in [5.41, 5.74) is 3.08. The van der Waals surface area contributed by atoms with Crippen LogP contribution < -0.4 is 20.7 Å². The Kier molecular flexibility index (Phi) is 5.50. The van der Waals surface area contributed by atoms with Gasteiger partial charge in [0, 0.05) is 36.6 Å². The molecule has 6 nitrogen and oxygen atoms in total. The fraction of sp³-hybridized carbons (Fsp3) is 0.368. The minimum absolute atomic E-state index is 0.131. The fourth-order valence-corrected chi connectivity index (χ4v) is 2.50. The van der Waals surface area contributed by atoms with Gasteiger partial charge >= 0.3 is 6.03 Å². The summed E-state index contributed by atoms with van der Waals surface area (Å²) in [6, 6.07) is 12.2. The van der Waals surface area contributed by atoms with Crippen LogP contribution in [-0.4, -0.2) is 24.2 Å². The third-order valence-corrected chi connectivity index (χ3v) is 4.20. The Morgan fingerprint density at radius 3 is 2.72 bits per heavy atom. The average Bonchev–Trinajstić information content (AvgIpc) is 3.44. The minimum atomic E-state index is -0.131. The number of nitrogens with zero attached hydrogens (tertiary/aromatic N) is 1. The largest absolute Gasteiger partial charge is 0.481 e. The van der Waals surface area contributed by atoms with Crippen molar-refractivity contribution in [3.63, 3.8) is 0 Å². The lowest BCUT2D eigenvalue weighted by Crippen LogP contribution is -2.30. The molecule has 3 rings (SSSR count). The second-order valence-corrected chi connectivity index (χ2v) is 6.30. The van der Waals surface area contributed by atoms with E-state index in [1.54, 1.807) is 13.3 Å². The lowest BCUT2D eigenvalue weighted by Gasteiger charge is -2.15. The first-order valence-corrected chi connectivity index (χ1v) is 8.54. The zero-order valence-corrected chi connectivity index (χ0v) is 14.6. The molecular weight excluding hydrogens is 316 g/mol. The van der Waals surface area contributed by atoms with Gasteiger partial charge in [0.25, 0.3) is 0 Å². The fourth-order valence-electron chi connectivity index (χ4n) is 2.50. The molecule has 6 heteroatoms. The van der Waals surface area contributed by atoms with Crippen LogP contribution >= 0.6 is 0 Å². The number of ether oxygens (including phenoxy) is 1. The summed E-state index contributed by atoms with van der Waals surface area (Å²) in [6.07, 6.45) is 3.91. The number of hydrogen-bond acceptors (Lipinski definition) is 4. The van der Waals surface area contributed by atoms with Gasteiger partial charge in [-0.25, -0.2) is 9.78 Å². The van der Waals surface area contributed by atoms with Crippen molar-refractivity contribution in [3.05, 3.63) is 53.7 Å². The van der Waals surface area contributed by atoms with Gasteiger partial charge in [-0.2, -0.15) is 0 Å². The van der Waals surface area contributed by atoms with E-state index < -0.39 is 0 Å². The summed E-state index contributed by atoms with van der Waals surface area (Å²) in [4.78, 5) is 15.9. The second-order valence-electron chi connectivity index (χ2n) is 6.30. The molecule has 1 unspecified atom stereocenters. The van der Waals surface area contributed by atoms with Crippen LogP contribution in [0.3, 0.4) is 0 Å². The Labute approximate surface area is 148 Å². The number of aromatic nitrogens is 1. The molecular formula is C19H24N4O2. The Morgan fingerprint density at radius 2 is 2.04 bits per heavy atom. The number of anilines is 1. The number of hydrogen-bond donors (Lipinski definition) is 3. The van der Waals surface area contributed by atoms with Crippen LogP contribution in [0.1, 0.15) is 36.9 Å². The van der Waals surface area contributed by atoms with Crippen LogP contribution in [0.15, 0.2) is 42.6 Å². The van der Waals surface area contributed by atoms with E-state index in [-0.39, 0.29) is 12.1 Å². The number of rotatable bonds is 7. The van der Waals surface area contributed by atoms with Crippen molar-refractivity contribution in [1.82, 2.24) is 15.6 Å². The van der Waals surface area contributed by atoms with Gasteiger partial charge in [-0.3, -0.25) is 0 Å². The van der Waals surface area contributed by atoms with Gasteiger partial charge in [0.1, 0.15) is 0 Å². The van der Waals surface area contributed by atoms with Crippen molar-refractivity contribution in [3.8, 4) is 5.88 Å². The Morgan fingerprint density at radius 1 is 1.28 bits per heavy atom. The highest BCUT2D eigenvalue weighted by molar-refractivity contribution is 5.89. The van der Waals surface area contributed by atoms with E-state index in [1.165, 1.54) is 0 Å². The average molecular weight is 340 g/mol. The summed E-state index contributed by atoms with van der Waals surface area (Å²) in [7, 11) is 1.61. The molecule has 1 heterocycles. The van der Waals surface area contributed by atoms with E-state index in [9.17, 15) is 4.79 Å². The summed E-state index contributed by atoms with van der Waals surface area (Å²) < 4.78 is 5.14. The van der Waals surface area contributed by atoms with Gasteiger partial charge in [0.05, 0.1) is 7.11 Å². The maximum Gasteiger partial charge on any atom is 0.319 e. The highest BCUT2D eigenvalue weighted by Gasteiger charge is 2.23. The lowest BCUT2D eigenvalue weighted by atomic mass is 10.1. The Hall–Kier alpha value is -2.60. The molecule has 1 fully saturated rings. The molecule has 0 bridgehead atoms. The number of urea groups is 1. The molecule has 1 aliphatic carbocycles. The van der Waals surface area contributed by atoms with Gasteiger partial charge in [0.15, 0.2) is 0 Å². The van der Waals surface area contributed by atoms with Crippen LogP contribution in [0.2, 0.25) is 0 Å². The van der Waals surface area contributed by atoms with Crippen LogP contribution in [0.4, 0.5) is 10.5 Å². The first kappa shape index (κ1) is 17.2. The first-order chi connectivity index (χ1) is 12.1. The minimum Gasteiger partial charge on any atom is -0.481 e. The van der Waals surface area contributed by atoms with E-state index >= 15 is 0 Å². The SMILES string of the molecule is COc1cc(CNC(C)c2ccc(NC(=O)NC3CC3)cc2)ccn1. The summed E-state index contributed by atoms with van der Waals surface area (Å²) in [6.45, 7) is 2.84. The summed E-state index contributed by atoms with van der Waals surface area (Å²) in [5, 5.41) is 9.25. The Balaban J connectivity index is 1.51. The van der Waals surface area contributed by atoms with Crippen molar-refractivity contribution in [1.29, 1.82) is 0 Å². The maximum atomic E-state index is 11.7. The zero-order chi connectivity index (χ0) is 17.6. The van der Waals surface area contributed by atoms with E-state index in [4.69, 9.17) is 4.74 Å². The number of amides is 2.